The zero-order chi connectivity index (χ0) is 10.1. The van der Waals surface area contributed by atoms with Crippen molar-refractivity contribution in [2.75, 3.05) is 11.9 Å². The lowest BCUT2D eigenvalue weighted by Crippen LogP contribution is -2.39. The third-order valence-corrected chi connectivity index (χ3v) is 2.23. The van der Waals surface area contributed by atoms with Gasteiger partial charge in [-0.15, -0.1) is 0 Å². The minimum Gasteiger partial charge on any atom is -0.474 e. The molecule has 1 unspecified atom stereocenters. The van der Waals surface area contributed by atoms with E-state index in [2.05, 4.69) is 26.2 Å². The van der Waals surface area contributed by atoms with Crippen molar-refractivity contribution in [2.45, 2.75) is 6.10 Å². The predicted molar refractivity (Wildman–Crippen MR) is 52.1 cm³/mol. The summed E-state index contributed by atoms with van der Waals surface area (Å²) in [6.07, 6.45) is -0.842. The van der Waals surface area contributed by atoms with E-state index in [-0.39, 0.29) is 12.5 Å². The van der Waals surface area contributed by atoms with E-state index in [0.29, 0.717) is 16.2 Å². The molecule has 14 heavy (non-hydrogen) atoms. The van der Waals surface area contributed by atoms with Crippen molar-refractivity contribution in [1.82, 2.24) is 4.98 Å². The second kappa shape index (κ2) is 3.55. The van der Waals surface area contributed by atoms with Gasteiger partial charge in [-0.25, -0.2) is 4.98 Å². The zero-order valence-electron chi connectivity index (χ0n) is 7.03. The number of aliphatic hydroxyl groups excluding tert-OH is 1. The largest absolute Gasteiger partial charge is 0.474 e. The van der Waals surface area contributed by atoms with Crippen LogP contribution < -0.4 is 10.1 Å². The zero-order valence-corrected chi connectivity index (χ0v) is 8.61. The summed E-state index contributed by atoms with van der Waals surface area (Å²) in [6, 6.07) is 3.37. The number of anilines is 1. The number of hydrogen-bond donors (Lipinski definition) is 2. The molecule has 2 heterocycles. The number of aromatic nitrogens is 1. The molecule has 0 spiro atoms. The first kappa shape index (κ1) is 9.42. The molecule has 1 aromatic rings. The van der Waals surface area contributed by atoms with E-state index in [4.69, 9.17) is 9.84 Å². The van der Waals surface area contributed by atoms with Gasteiger partial charge in [0.15, 0.2) is 17.7 Å². The lowest BCUT2D eigenvalue weighted by atomic mass is 10.3. The summed E-state index contributed by atoms with van der Waals surface area (Å²) in [5.74, 6) is 0.450. The molecular weight excluding hydrogens is 252 g/mol. The van der Waals surface area contributed by atoms with E-state index in [1.54, 1.807) is 12.1 Å². The van der Waals surface area contributed by atoms with Crippen molar-refractivity contribution in [3.63, 3.8) is 0 Å². The molecule has 0 saturated carbocycles. The third-order valence-electron chi connectivity index (χ3n) is 1.79. The lowest BCUT2D eigenvalue weighted by molar-refractivity contribution is -0.125. The van der Waals surface area contributed by atoms with E-state index in [9.17, 15) is 4.79 Å². The number of carbonyl (C=O) groups is 1. The topological polar surface area (TPSA) is 71.5 Å². The van der Waals surface area contributed by atoms with Crippen molar-refractivity contribution in [1.29, 1.82) is 0 Å². The maximum Gasteiger partial charge on any atom is 0.269 e. The van der Waals surface area contributed by atoms with Crippen LogP contribution in [-0.4, -0.2) is 28.7 Å². The molecule has 0 aromatic carbocycles. The first-order chi connectivity index (χ1) is 6.70. The Balaban J connectivity index is 2.35. The van der Waals surface area contributed by atoms with Crippen LogP contribution in [0.1, 0.15) is 0 Å². The van der Waals surface area contributed by atoms with Crippen molar-refractivity contribution < 1.29 is 14.6 Å². The summed E-state index contributed by atoms with van der Waals surface area (Å²) in [6.45, 7) is -0.346. The van der Waals surface area contributed by atoms with E-state index >= 15 is 0 Å². The molecule has 1 aliphatic heterocycles. The van der Waals surface area contributed by atoms with Crippen molar-refractivity contribution in [2.24, 2.45) is 0 Å². The number of rotatable bonds is 1. The molecule has 0 aliphatic carbocycles. The lowest BCUT2D eigenvalue weighted by Gasteiger charge is -2.23. The molecule has 2 N–H and O–H groups in total. The Morgan fingerprint density at radius 1 is 1.64 bits per heavy atom. The van der Waals surface area contributed by atoms with Crippen LogP contribution >= 0.6 is 15.9 Å². The fourth-order valence-electron chi connectivity index (χ4n) is 1.13. The maximum absolute atomic E-state index is 11.2. The number of hydrogen-bond acceptors (Lipinski definition) is 4. The maximum atomic E-state index is 11.2. The van der Waals surface area contributed by atoms with Gasteiger partial charge < -0.3 is 15.2 Å². The molecule has 0 bridgehead atoms. The van der Waals surface area contributed by atoms with E-state index in [1.807, 2.05) is 0 Å². The standard InChI is InChI=1S/C8H7BrN2O3/c9-6-2-1-4-7(10-6)11-8(13)5(3-12)14-4/h1-2,5,12H,3H2,(H,10,11,13). The molecule has 1 amide bonds. The molecule has 0 fully saturated rings. The molecular formula is C8H7BrN2O3. The summed E-state index contributed by atoms with van der Waals surface area (Å²) in [5.41, 5.74) is 0. The summed E-state index contributed by atoms with van der Waals surface area (Å²) in [7, 11) is 0. The van der Waals surface area contributed by atoms with Gasteiger partial charge in [-0.1, -0.05) is 0 Å². The highest BCUT2D eigenvalue weighted by Gasteiger charge is 2.27. The van der Waals surface area contributed by atoms with Crippen molar-refractivity contribution >= 4 is 27.7 Å². The molecule has 1 aromatic heterocycles. The van der Waals surface area contributed by atoms with Crippen LogP contribution in [0.25, 0.3) is 0 Å². The van der Waals surface area contributed by atoms with Crippen LogP contribution in [0, 0.1) is 0 Å². The highest BCUT2D eigenvalue weighted by atomic mass is 79.9. The predicted octanol–water partition coefficient (Wildman–Crippen LogP) is 0.536. The van der Waals surface area contributed by atoms with E-state index < -0.39 is 6.10 Å². The van der Waals surface area contributed by atoms with Gasteiger partial charge >= 0.3 is 0 Å². The highest BCUT2D eigenvalue weighted by molar-refractivity contribution is 9.10. The number of ether oxygens (including phenoxy) is 1. The van der Waals surface area contributed by atoms with Crippen molar-refractivity contribution in [3.8, 4) is 5.75 Å². The van der Waals surface area contributed by atoms with Crippen LogP contribution in [0.5, 0.6) is 5.75 Å². The smallest absolute Gasteiger partial charge is 0.269 e. The minimum absolute atomic E-state index is 0.346. The van der Waals surface area contributed by atoms with Gasteiger partial charge in [0.1, 0.15) is 4.60 Å². The van der Waals surface area contributed by atoms with Gasteiger partial charge in [0.2, 0.25) is 0 Å². The first-order valence-corrected chi connectivity index (χ1v) is 4.75. The number of pyridine rings is 1. The number of nitrogens with one attached hydrogen (secondary N) is 1. The highest BCUT2D eigenvalue weighted by Crippen LogP contribution is 2.28. The molecule has 1 aliphatic rings. The monoisotopic (exact) mass is 258 g/mol. The Morgan fingerprint density at radius 2 is 2.43 bits per heavy atom. The molecule has 0 radical (unpaired) electrons. The fraction of sp³-hybridized carbons (Fsp3) is 0.250. The van der Waals surface area contributed by atoms with Gasteiger partial charge in [0.25, 0.3) is 5.91 Å². The van der Waals surface area contributed by atoms with Crippen LogP contribution in [0.4, 0.5) is 5.82 Å². The average Bonchev–Trinajstić information content (AvgIpc) is 2.16. The Morgan fingerprint density at radius 3 is 3.14 bits per heavy atom. The Labute approximate surface area is 88.2 Å². The van der Waals surface area contributed by atoms with Crippen molar-refractivity contribution in [3.05, 3.63) is 16.7 Å². The number of carbonyl (C=O) groups excluding carboxylic acids is 1. The number of aliphatic hydroxyl groups is 1. The molecule has 6 heteroatoms. The van der Waals surface area contributed by atoms with Crippen LogP contribution in [0.15, 0.2) is 16.7 Å². The van der Waals surface area contributed by atoms with E-state index in [1.165, 1.54) is 0 Å². The fourth-order valence-corrected chi connectivity index (χ4v) is 1.44. The van der Waals surface area contributed by atoms with Gasteiger partial charge in [-0.3, -0.25) is 4.79 Å². The summed E-state index contributed by atoms with van der Waals surface area (Å²) in [5, 5.41) is 11.4. The molecule has 2 rings (SSSR count). The third kappa shape index (κ3) is 1.58. The summed E-state index contributed by atoms with van der Waals surface area (Å²) < 4.78 is 5.82. The molecule has 1 atom stereocenters. The number of halogens is 1. The summed E-state index contributed by atoms with van der Waals surface area (Å²) >= 11 is 3.18. The Bertz CT molecular complexity index is 383. The molecule has 0 saturated heterocycles. The average molecular weight is 259 g/mol. The second-order valence-electron chi connectivity index (χ2n) is 2.76. The van der Waals surface area contributed by atoms with Crippen LogP contribution in [0.3, 0.4) is 0 Å². The van der Waals surface area contributed by atoms with Crippen LogP contribution in [-0.2, 0) is 4.79 Å². The Kier molecular flexibility index (Phi) is 2.39. The normalized spacial score (nSPS) is 19.6. The molecule has 74 valence electrons. The number of nitrogens with zero attached hydrogens (tertiary/aromatic N) is 1. The molecule has 5 nitrogen and oxygen atoms in total. The van der Waals surface area contributed by atoms with E-state index in [0.717, 1.165) is 0 Å². The van der Waals surface area contributed by atoms with Gasteiger partial charge in [-0.05, 0) is 28.1 Å². The van der Waals surface area contributed by atoms with Crippen LogP contribution in [0.2, 0.25) is 0 Å². The minimum atomic E-state index is -0.842. The summed E-state index contributed by atoms with van der Waals surface area (Å²) in [4.78, 5) is 15.3. The van der Waals surface area contributed by atoms with Gasteiger partial charge in [-0.2, -0.15) is 0 Å². The van der Waals surface area contributed by atoms with Gasteiger partial charge in [0, 0.05) is 0 Å². The Hall–Kier alpha value is -1.14. The SMILES string of the molecule is O=C1Nc2nc(Br)ccc2OC1CO. The number of amides is 1. The number of fused-ring (bicyclic) bond motifs is 1. The second-order valence-corrected chi connectivity index (χ2v) is 3.57. The van der Waals surface area contributed by atoms with Gasteiger partial charge in [0.05, 0.1) is 6.61 Å². The first-order valence-electron chi connectivity index (χ1n) is 3.95. The quantitative estimate of drug-likeness (QED) is 0.722.